The molecule has 1 fully saturated rings. The number of rotatable bonds is 5. The van der Waals surface area contributed by atoms with Crippen molar-refractivity contribution >= 4 is 0 Å². The zero-order valence-electron chi connectivity index (χ0n) is 14.7. The first-order chi connectivity index (χ1) is 12.3. The van der Waals surface area contributed by atoms with Crippen LogP contribution in [0.4, 0.5) is 0 Å². The van der Waals surface area contributed by atoms with Crippen LogP contribution in [0.5, 0.6) is 0 Å². The third-order valence-electron chi connectivity index (χ3n) is 5.18. The van der Waals surface area contributed by atoms with E-state index in [0.717, 1.165) is 31.9 Å². The number of nitrogens with zero attached hydrogens (tertiary/aromatic N) is 4. The van der Waals surface area contributed by atoms with Crippen LogP contribution in [0.2, 0.25) is 0 Å². The van der Waals surface area contributed by atoms with Crippen molar-refractivity contribution in [2.24, 2.45) is 7.05 Å². The molecule has 3 heterocycles. The molecule has 0 radical (unpaired) electrons. The quantitative estimate of drug-likeness (QED) is 0.779. The predicted octanol–water partition coefficient (Wildman–Crippen LogP) is 3.11. The Hall–Kier alpha value is -2.40. The number of aromatic nitrogens is 4. The molecule has 1 N–H and O–H groups in total. The Labute approximate surface area is 148 Å². The van der Waals surface area contributed by atoms with E-state index >= 15 is 0 Å². The summed E-state index contributed by atoms with van der Waals surface area (Å²) in [4.78, 5) is 6.93. The number of imidazole rings is 1. The fourth-order valence-electron chi connectivity index (χ4n) is 3.63. The molecule has 0 saturated carbocycles. The average molecular weight is 335 g/mol. The molecule has 2 aromatic heterocycles. The van der Waals surface area contributed by atoms with Crippen LogP contribution in [0, 0.1) is 0 Å². The summed E-state index contributed by atoms with van der Waals surface area (Å²) in [7, 11) is 2.06. The SMILES string of the molecule is Cn1ccnc1CN1CCC(c2cc(Cc3ccccc3)[nH]n2)CC1. The molecule has 1 saturated heterocycles. The van der Waals surface area contributed by atoms with Crippen LogP contribution in [-0.4, -0.2) is 37.7 Å². The molecule has 0 amide bonds. The Kier molecular flexibility index (Phi) is 4.65. The third kappa shape index (κ3) is 3.82. The number of likely N-dealkylation sites (tertiary alicyclic amines) is 1. The Morgan fingerprint density at radius 3 is 2.68 bits per heavy atom. The van der Waals surface area contributed by atoms with Crippen molar-refractivity contribution in [1.29, 1.82) is 0 Å². The number of piperidine rings is 1. The second kappa shape index (κ2) is 7.23. The second-order valence-electron chi connectivity index (χ2n) is 6.99. The number of nitrogens with one attached hydrogen (secondary N) is 1. The van der Waals surface area contributed by atoms with Crippen LogP contribution < -0.4 is 0 Å². The molecule has 1 aromatic carbocycles. The van der Waals surface area contributed by atoms with Gasteiger partial charge >= 0.3 is 0 Å². The van der Waals surface area contributed by atoms with E-state index < -0.39 is 0 Å². The zero-order chi connectivity index (χ0) is 17.1. The molecular formula is C20H25N5. The van der Waals surface area contributed by atoms with Crippen molar-refractivity contribution in [3.05, 3.63) is 71.6 Å². The van der Waals surface area contributed by atoms with Crippen molar-refractivity contribution in [2.75, 3.05) is 13.1 Å². The Balaban J connectivity index is 1.33. The van der Waals surface area contributed by atoms with Crippen LogP contribution in [0.25, 0.3) is 0 Å². The fourth-order valence-corrected chi connectivity index (χ4v) is 3.63. The highest BCUT2D eigenvalue weighted by Crippen LogP contribution is 2.28. The highest BCUT2D eigenvalue weighted by Gasteiger charge is 2.23. The molecule has 0 unspecified atom stereocenters. The minimum Gasteiger partial charge on any atom is -0.337 e. The first-order valence-corrected chi connectivity index (χ1v) is 9.04. The van der Waals surface area contributed by atoms with E-state index in [-0.39, 0.29) is 0 Å². The van der Waals surface area contributed by atoms with Crippen LogP contribution in [-0.2, 0) is 20.0 Å². The van der Waals surface area contributed by atoms with Gasteiger partial charge in [0.25, 0.3) is 0 Å². The summed E-state index contributed by atoms with van der Waals surface area (Å²) < 4.78 is 2.11. The number of aryl methyl sites for hydroxylation is 1. The van der Waals surface area contributed by atoms with Gasteiger partial charge in [0, 0.05) is 37.5 Å². The smallest absolute Gasteiger partial charge is 0.122 e. The number of hydrogen-bond donors (Lipinski definition) is 1. The maximum absolute atomic E-state index is 4.59. The summed E-state index contributed by atoms with van der Waals surface area (Å²) in [5.41, 5.74) is 3.75. The normalized spacial score (nSPS) is 16.4. The highest BCUT2D eigenvalue weighted by atomic mass is 15.2. The lowest BCUT2D eigenvalue weighted by Crippen LogP contribution is -2.33. The van der Waals surface area contributed by atoms with E-state index in [1.54, 1.807) is 0 Å². The summed E-state index contributed by atoms with van der Waals surface area (Å²) >= 11 is 0. The Morgan fingerprint density at radius 1 is 1.16 bits per heavy atom. The van der Waals surface area contributed by atoms with Gasteiger partial charge in [0.05, 0.1) is 12.2 Å². The zero-order valence-corrected chi connectivity index (χ0v) is 14.7. The minimum absolute atomic E-state index is 0.568. The fraction of sp³-hybridized carbons (Fsp3) is 0.400. The number of H-pyrrole nitrogens is 1. The van der Waals surface area contributed by atoms with Gasteiger partial charge in [-0.3, -0.25) is 10.00 Å². The molecule has 3 aromatic rings. The Morgan fingerprint density at radius 2 is 1.96 bits per heavy atom. The van der Waals surface area contributed by atoms with Gasteiger partial charge in [-0.25, -0.2) is 4.98 Å². The van der Waals surface area contributed by atoms with Gasteiger partial charge in [-0.2, -0.15) is 5.10 Å². The summed E-state index contributed by atoms with van der Waals surface area (Å²) in [6.45, 7) is 3.16. The van der Waals surface area contributed by atoms with Gasteiger partial charge < -0.3 is 4.57 Å². The molecular weight excluding hydrogens is 310 g/mol. The number of benzene rings is 1. The average Bonchev–Trinajstić information content (AvgIpc) is 3.26. The summed E-state index contributed by atoms with van der Waals surface area (Å²) in [5.74, 6) is 1.71. The van der Waals surface area contributed by atoms with Gasteiger partial charge in [0.2, 0.25) is 0 Å². The van der Waals surface area contributed by atoms with E-state index in [1.165, 1.54) is 29.8 Å². The van der Waals surface area contributed by atoms with E-state index in [2.05, 4.69) is 68.1 Å². The molecule has 0 aliphatic carbocycles. The molecule has 5 heteroatoms. The molecule has 4 rings (SSSR count). The topological polar surface area (TPSA) is 49.7 Å². The van der Waals surface area contributed by atoms with Crippen molar-refractivity contribution in [1.82, 2.24) is 24.6 Å². The molecule has 0 atom stereocenters. The predicted molar refractivity (Wildman–Crippen MR) is 98.3 cm³/mol. The first kappa shape index (κ1) is 16.1. The summed E-state index contributed by atoms with van der Waals surface area (Å²) in [6.07, 6.45) is 7.14. The highest BCUT2D eigenvalue weighted by molar-refractivity contribution is 5.23. The van der Waals surface area contributed by atoms with Crippen molar-refractivity contribution in [3.63, 3.8) is 0 Å². The third-order valence-corrected chi connectivity index (χ3v) is 5.18. The van der Waals surface area contributed by atoms with Crippen molar-refractivity contribution < 1.29 is 0 Å². The summed E-state index contributed by atoms with van der Waals surface area (Å²) in [6, 6.07) is 12.8. The van der Waals surface area contributed by atoms with Crippen molar-refractivity contribution in [3.8, 4) is 0 Å². The first-order valence-electron chi connectivity index (χ1n) is 9.04. The van der Waals surface area contributed by atoms with E-state index in [4.69, 9.17) is 0 Å². The number of hydrogen-bond acceptors (Lipinski definition) is 3. The molecule has 0 bridgehead atoms. The maximum atomic E-state index is 4.59. The lowest BCUT2D eigenvalue weighted by Gasteiger charge is -2.30. The monoisotopic (exact) mass is 335 g/mol. The molecule has 0 spiro atoms. The molecule has 25 heavy (non-hydrogen) atoms. The molecule has 130 valence electrons. The van der Waals surface area contributed by atoms with Gasteiger partial charge in [-0.1, -0.05) is 30.3 Å². The van der Waals surface area contributed by atoms with E-state index in [1.807, 2.05) is 12.4 Å². The molecule has 5 nitrogen and oxygen atoms in total. The van der Waals surface area contributed by atoms with Crippen LogP contribution in [0.15, 0.2) is 48.8 Å². The van der Waals surface area contributed by atoms with Crippen LogP contribution in [0.1, 0.15) is 41.5 Å². The molecule has 1 aliphatic rings. The van der Waals surface area contributed by atoms with Crippen LogP contribution in [0.3, 0.4) is 0 Å². The van der Waals surface area contributed by atoms with Crippen molar-refractivity contribution in [2.45, 2.75) is 31.7 Å². The van der Waals surface area contributed by atoms with Gasteiger partial charge in [-0.15, -0.1) is 0 Å². The lowest BCUT2D eigenvalue weighted by molar-refractivity contribution is 0.197. The van der Waals surface area contributed by atoms with E-state index in [9.17, 15) is 0 Å². The van der Waals surface area contributed by atoms with Crippen LogP contribution >= 0.6 is 0 Å². The Bertz CT molecular complexity index is 796. The van der Waals surface area contributed by atoms with Gasteiger partial charge in [0.1, 0.15) is 5.82 Å². The lowest BCUT2D eigenvalue weighted by atomic mass is 9.93. The van der Waals surface area contributed by atoms with Gasteiger partial charge in [0.15, 0.2) is 0 Å². The standard InChI is InChI=1S/C20H25N5/c1-24-12-9-21-20(24)15-25-10-7-17(8-11-25)19-14-18(22-23-19)13-16-5-3-2-4-6-16/h2-6,9,12,14,17H,7-8,10-11,13,15H2,1H3,(H,22,23). The second-order valence-corrected chi connectivity index (χ2v) is 6.99. The molecule has 1 aliphatic heterocycles. The number of aromatic amines is 1. The minimum atomic E-state index is 0.568. The van der Waals surface area contributed by atoms with Gasteiger partial charge in [-0.05, 0) is 37.6 Å². The maximum Gasteiger partial charge on any atom is 0.122 e. The largest absolute Gasteiger partial charge is 0.337 e. The van der Waals surface area contributed by atoms with E-state index in [0.29, 0.717) is 5.92 Å². The summed E-state index contributed by atoms with van der Waals surface area (Å²) in [5, 5.41) is 7.82.